The van der Waals surface area contributed by atoms with Crippen LogP contribution in [0.1, 0.15) is 19.4 Å². The number of nitrogens with one attached hydrogen (secondary N) is 1. The lowest BCUT2D eigenvalue weighted by Gasteiger charge is -2.36. The molecule has 8 heteroatoms. The number of carbonyl (C=O) groups is 2. The van der Waals surface area contributed by atoms with E-state index in [1.165, 1.54) is 4.90 Å². The molecular formula is C19H28N2O5S. The van der Waals surface area contributed by atoms with E-state index >= 15 is 0 Å². The van der Waals surface area contributed by atoms with Crippen LogP contribution >= 0.6 is 0 Å². The number of carbonyl (C=O) groups excluding carboxylic acids is 2. The molecule has 1 unspecified atom stereocenters. The van der Waals surface area contributed by atoms with Crippen LogP contribution in [0.3, 0.4) is 0 Å². The largest absolute Gasteiger partial charge is 0.377 e. The molecule has 0 aliphatic carbocycles. The molecule has 0 spiro atoms. The molecule has 0 radical (unpaired) electrons. The van der Waals surface area contributed by atoms with E-state index in [-0.39, 0.29) is 25.1 Å². The van der Waals surface area contributed by atoms with E-state index < -0.39 is 26.9 Å². The second-order valence-electron chi connectivity index (χ2n) is 7.64. The SMILES string of the molecule is CC(C)(Cc1ccccc1)C(=O)NCC1COCCN1C(=O)CS(C)(=O)=O. The second kappa shape index (κ2) is 8.84. The average molecular weight is 397 g/mol. The quantitative estimate of drug-likeness (QED) is 0.730. The molecule has 1 fully saturated rings. The van der Waals surface area contributed by atoms with Crippen molar-refractivity contribution in [2.24, 2.45) is 5.41 Å². The predicted octanol–water partition coefficient (Wildman–Crippen LogP) is 0.644. The summed E-state index contributed by atoms with van der Waals surface area (Å²) in [5.74, 6) is -1.10. The summed E-state index contributed by atoms with van der Waals surface area (Å²) in [6.45, 7) is 4.93. The fourth-order valence-electron chi connectivity index (χ4n) is 3.10. The van der Waals surface area contributed by atoms with E-state index in [9.17, 15) is 18.0 Å². The normalized spacial score (nSPS) is 18.2. The van der Waals surface area contributed by atoms with Crippen LogP contribution < -0.4 is 5.32 Å². The summed E-state index contributed by atoms with van der Waals surface area (Å²) in [5.41, 5.74) is 0.460. The maximum Gasteiger partial charge on any atom is 0.238 e. The van der Waals surface area contributed by atoms with E-state index in [1.54, 1.807) is 0 Å². The molecule has 27 heavy (non-hydrogen) atoms. The first-order valence-corrected chi connectivity index (χ1v) is 11.0. The molecule has 1 aliphatic rings. The Morgan fingerprint density at radius 3 is 2.56 bits per heavy atom. The molecule has 2 rings (SSSR count). The standard InChI is InChI=1S/C19H28N2O5S/c1-19(2,11-15-7-5-4-6-8-15)18(23)20-12-16-13-26-10-9-21(16)17(22)14-27(3,24)25/h4-8,16H,9-14H2,1-3H3,(H,20,23). The van der Waals surface area contributed by atoms with Gasteiger partial charge in [-0.2, -0.15) is 0 Å². The van der Waals surface area contributed by atoms with Gasteiger partial charge in [-0.3, -0.25) is 9.59 Å². The summed E-state index contributed by atoms with van der Waals surface area (Å²) in [5, 5.41) is 2.90. The van der Waals surface area contributed by atoms with Crippen molar-refractivity contribution in [2.75, 3.05) is 38.3 Å². The van der Waals surface area contributed by atoms with Crippen molar-refractivity contribution in [1.29, 1.82) is 0 Å². The van der Waals surface area contributed by atoms with Gasteiger partial charge in [0.2, 0.25) is 11.8 Å². The number of hydrogen-bond acceptors (Lipinski definition) is 5. The molecule has 2 amide bonds. The molecule has 150 valence electrons. The molecule has 0 bridgehead atoms. The highest BCUT2D eigenvalue weighted by Gasteiger charge is 2.32. The highest BCUT2D eigenvalue weighted by Crippen LogP contribution is 2.22. The predicted molar refractivity (Wildman–Crippen MR) is 103 cm³/mol. The van der Waals surface area contributed by atoms with Gasteiger partial charge in [0.05, 0.1) is 19.3 Å². The minimum atomic E-state index is -3.40. The van der Waals surface area contributed by atoms with E-state index in [1.807, 2.05) is 44.2 Å². The Kier molecular flexibility index (Phi) is 7.00. The topological polar surface area (TPSA) is 92.8 Å². The van der Waals surface area contributed by atoms with Crippen LogP contribution in [0.15, 0.2) is 30.3 Å². The Labute approximate surface area is 161 Å². The zero-order valence-corrected chi connectivity index (χ0v) is 16.9. The number of rotatable bonds is 7. The average Bonchev–Trinajstić information content (AvgIpc) is 2.59. The minimum Gasteiger partial charge on any atom is -0.377 e. The summed E-state index contributed by atoms with van der Waals surface area (Å²) in [6, 6.07) is 9.40. The molecule has 1 saturated heterocycles. The zero-order valence-electron chi connectivity index (χ0n) is 16.1. The minimum absolute atomic E-state index is 0.118. The number of ether oxygens (including phenoxy) is 1. The van der Waals surface area contributed by atoms with Crippen molar-refractivity contribution in [3.8, 4) is 0 Å². The van der Waals surface area contributed by atoms with E-state index in [4.69, 9.17) is 4.74 Å². The molecule has 7 nitrogen and oxygen atoms in total. The summed E-state index contributed by atoms with van der Waals surface area (Å²) in [4.78, 5) is 26.4. The third kappa shape index (κ3) is 6.62. The lowest BCUT2D eigenvalue weighted by molar-refractivity contribution is -0.138. The molecule has 1 heterocycles. The molecular weight excluding hydrogens is 368 g/mol. The van der Waals surface area contributed by atoms with Crippen molar-refractivity contribution in [1.82, 2.24) is 10.2 Å². The van der Waals surface area contributed by atoms with Gasteiger partial charge in [-0.05, 0) is 12.0 Å². The van der Waals surface area contributed by atoms with Crippen LogP contribution in [0.25, 0.3) is 0 Å². The van der Waals surface area contributed by atoms with Gasteiger partial charge in [-0.15, -0.1) is 0 Å². The number of hydrogen-bond donors (Lipinski definition) is 1. The van der Waals surface area contributed by atoms with Gasteiger partial charge in [-0.25, -0.2) is 8.42 Å². The van der Waals surface area contributed by atoms with Gasteiger partial charge in [0.25, 0.3) is 0 Å². The monoisotopic (exact) mass is 396 g/mol. The van der Waals surface area contributed by atoms with Crippen molar-refractivity contribution in [3.63, 3.8) is 0 Å². The van der Waals surface area contributed by atoms with E-state index in [0.717, 1.165) is 11.8 Å². The van der Waals surface area contributed by atoms with Crippen molar-refractivity contribution < 1.29 is 22.7 Å². The van der Waals surface area contributed by atoms with Crippen molar-refractivity contribution in [3.05, 3.63) is 35.9 Å². The van der Waals surface area contributed by atoms with Gasteiger partial charge >= 0.3 is 0 Å². The molecule has 1 N–H and O–H groups in total. The molecule has 1 atom stereocenters. The van der Waals surface area contributed by atoms with Crippen LogP contribution in [-0.2, 0) is 30.6 Å². The van der Waals surface area contributed by atoms with Crippen molar-refractivity contribution in [2.45, 2.75) is 26.3 Å². The maximum absolute atomic E-state index is 12.7. The Balaban J connectivity index is 1.96. The highest BCUT2D eigenvalue weighted by atomic mass is 32.2. The van der Waals surface area contributed by atoms with Crippen molar-refractivity contribution >= 4 is 21.7 Å². The van der Waals surface area contributed by atoms with Gasteiger partial charge in [0.1, 0.15) is 5.75 Å². The van der Waals surface area contributed by atoms with Gasteiger partial charge in [0, 0.05) is 24.8 Å². The molecule has 0 saturated carbocycles. The molecule has 1 aromatic carbocycles. The van der Waals surface area contributed by atoms with Crippen LogP contribution in [0.5, 0.6) is 0 Å². The first-order valence-electron chi connectivity index (χ1n) is 8.96. The summed E-state index contributed by atoms with van der Waals surface area (Å²) >= 11 is 0. The van der Waals surface area contributed by atoms with Crippen LogP contribution in [0.4, 0.5) is 0 Å². The fourth-order valence-corrected chi connectivity index (χ4v) is 3.71. The first-order chi connectivity index (χ1) is 12.6. The first kappa shape index (κ1) is 21.4. The van der Waals surface area contributed by atoms with Gasteiger partial charge in [-0.1, -0.05) is 44.2 Å². The van der Waals surface area contributed by atoms with Gasteiger partial charge in [0.15, 0.2) is 9.84 Å². The summed E-state index contributed by atoms with van der Waals surface area (Å²) in [6.07, 6.45) is 1.63. The van der Waals surface area contributed by atoms with Crippen LogP contribution in [0, 0.1) is 5.41 Å². The number of sulfone groups is 1. The van der Waals surface area contributed by atoms with Gasteiger partial charge < -0.3 is 15.0 Å². The Morgan fingerprint density at radius 1 is 1.26 bits per heavy atom. The van der Waals surface area contributed by atoms with E-state index in [0.29, 0.717) is 19.6 Å². The number of benzene rings is 1. The Bertz CT molecular complexity index is 762. The third-order valence-electron chi connectivity index (χ3n) is 4.54. The van der Waals surface area contributed by atoms with Crippen LogP contribution in [0.2, 0.25) is 0 Å². The lowest BCUT2D eigenvalue weighted by Crippen LogP contribution is -2.55. The lowest BCUT2D eigenvalue weighted by atomic mass is 9.85. The number of morpholine rings is 1. The Morgan fingerprint density at radius 2 is 1.93 bits per heavy atom. The summed E-state index contributed by atoms with van der Waals surface area (Å²) < 4.78 is 28.2. The summed E-state index contributed by atoms with van der Waals surface area (Å²) in [7, 11) is -3.40. The zero-order chi connectivity index (χ0) is 20.1. The highest BCUT2D eigenvalue weighted by molar-refractivity contribution is 7.91. The maximum atomic E-state index is 12.7. The number of amides is 2. The number of nitrogens with zero attached hydrogens (tertiary/aromatic N) is 1. The van der Waals surface area contributed by atoms with Crippen LogP contribution in [-0.4, -0.2) is 69.5 Å². The second-order valence-corrected chi connectivity index (χ2v) is 9.78. The molecule has 1 aliphatic heterocycles. The molecule has 1 aromatic rings. The smallest absolute Gasteiger partial charge is 0.238 e. The Hall–Kier alpha value is -1.93. The third-order valence-corrected chi connectivity index (χ3v) is 5.31. The fraction of sp³-hybridized carbons (Fsp3) is 0.579. The van der Waals surface area contributed by atoms with E-state index in [2.05, 4.69) is 5.32 Å². The molecule has 0 aromatic heterocycles.